The molecule has 0 rings (SSSR count). The van der Waals surface area contributed by atoms with Gasteiger partial charge < -0.3 is 5.11 Å². The van der Waals surface area contributed by atoms with Crippen LogP contribution in [0.4, 0.5) is 0 Å². The summed E-state index contributed by atoms with van der Waals surface area (Å²) in [5.41, 5.74) is 0. The molecule has 1 N–H and O–H groups in total. The van der Waals surface area contributed by atoms with Crippen LogP contribution < -0.4 is 0 Å². The van der Waals surface area contributed by atoms with Crippen molar-refractivity contribution in [3.05, 3.63) is 0 Å². The van der Waals surface area contributed by atoms with Gasteiger partial charge in [-0.1, -0.05) is 110 Å². The van der Waals surface area contributed by atoms with Gasteiger partial charge in [-0.3, -0.25) is 0 Å². The van der Waals surface area contributed by atoms with E-state index in [1.54, 1.807) is 0 Å². The highest BCUT2D eigenvalue weighted by molar-refractivity contribution is 4.55. The van der Waals surface area contributed by atoms with Crippen molar-refractivity contribution in [1.82, 2.24) is 0 Å². The Labute approximate surface area is 134 Å². The third-order valence-corrected chi connectivity index (χ3v) is 4.66. The predicted octanol–water partition coefficient (Wildman–Crippen LogP) is 6.88. The fraction of sp³-hybridized carbons (Fsp3) is 1.00. The van der Waals surface area contributed by atoms with E-state index in [0.717, 1.165) is 12.3 Å². The average Bonchev–Trinajstić information content (AvgIpc) is 2.49. The first-order valence-electron chi connectivity index (χ1n) is 9.92. The van der Waals surface area contributed by atoms with E-state index in [4.69, 9.17) is 5.11 Å². The summed E-state index contributed by atoms with van der Waals surface area (Å²) in [7, 11) is 0. The Bertz CT molecular complexity index is 179. The summed E-state index contributed by atoms with van der Waals surface area (Å²) < 4.78 is 0. The van der Waals surface area contributed by atoms with Gasteiger partial charge in [-0.25, -0.2) is 0 Å². The van der Waals surface area contributed by atoms with Gasteiger partial charge in [0, 0.05) is 6.61 Å². The normalized spacial score (nSPS) is 12.7. The number of unbranched alkanes of at least 4 members (excludes halogenated alkanes) is 12. The van der Waals surface area contributed by atoms with Crippen LogP contribution in [-0.2, 0) is 0 Å². The lowest BCUT2D eigenvalue weighted by molar-refractivity contribution is 0.282. The first kappa shape index (κ1) is 21.0. The number of hydrogen-bond donors (Lipinski definition) is 1. The smallest absolute Gasteiger partial charge is 0.0431 e. The summed E-state index contributed by atoms with van der Waals surface area (Å²) >= 11 is 0. The van der Waals surface area contributed by atoms with E-state index >= 15 is 0 Å². The maximum Gasteiger partial charge on any atom is 0.0431 e. The molecule has 0 aliphatic carbocycles. The van der Waals surface area contributed by atoms with E-state index in [9.17, 15) is 0 Å². The molecule has 0 aliphatic heterocycles. The summed E-state index contributed by atoms with van der Waals surface area (Å²) in [5, 5.41) is 8.70. The first-order chi connectivity index (χ1) is 10.3. The molecular weight excluding hydrogens is 256 g/mol. The van der Waals surface area contributed by atoms with Crippen LogP contribution in [0.2, 0.25) is 0 Å². The molecule has 0 aromatic heterocycles. The molecule has 1 unspecified atom stereocenters. The highest BCUT2D eigenvalue weighted by Crippen LogP contribution is 2.18. The zero-order chi connectivity index (χ0) is 15.6. The van der Waals surface area contributed by atoms with Gasteiger partial charge in [0.05, 0.1) is 0 Å². The molecular formula is C20H42O. The molecule has 1 atom stereocenters. The standard InChI is InChI=1S/C20H42O/c1-3-4-5-11-14-17-20(2)18-15-12-9-7-6-8-10-13-16-19-21/h20-21H,3-19H2,1-2H3. The number of aliphatic hydroxyl groups excluding tert-OH is 1. The molecule has 1 nitrogen and oxygen atoms in total. The molecule has 0 bridgehead atoms. The lowest BCUT2D eigenvalue weighted by atomic mass is 9.96. The molecule has 0 aliphatic rings. The van der Waals surface area contributed by atoms with Gasteiger partial charge in [0.2, 0.25) is 0 Å². The van der Waals surface area contributed by atoms with Crippen molar-refractivity contribution < 1.29 is 5.11 Å². The second kappa shape index (κ2) is 18.0. The predicted molar refractivity (Wildman–Crippen MR) is 95.8 cm³/mol. The molecule has 0 amide bonds. The molecule has 128 valence electrons. The van der Waals surface area contributed by atoms with Crippen molar-refractivity contribution in [2.24, 2.45) is 5.92 Å². The maximum atomic E-state index is 8.70. The van der Waals surface area contributed by atoms with Crippen molar-refractivity contribution in [2.45, 2.75) is 117 Å². The van der Waals surface area contributed by atoms with Gasteiger partial charge in [0.15, 0.2) is 0 Å². The minimum atomic E-state index is 0.372. The molecule has 0 fully saturated rings. The lowest BCUT2D eigenvalue weighted by Gasteiger charge is -2.11. The quantitative estimate of drug-likeness (QED) is 0.290. The minimum absolute atomic E-state index is 0.372. The Kier molecular flexibility index (Phi) is 18.0. The van der Waals surface area contributed by atoms with Gasteiger partial charge in [0.1, 0.15) is 0 Å². The van der Waals surface area contributed by atoms with Crippen LogP contribution in [0.5, 0.6) is 0 Å². The number of rotatable bonds is 17. The molecule has 0 spiro atoms. The second-order valence-corrected chi connectivity index (χ2v) is 7.00. The number of aliphatic hydroxyl groups is 1. The third kappa shape index (κ3) is 17.9. The summed E-state index contributed by atoms with van der Waals surface area (Å²) in [4.78, 5) is 0. The van der Waals surface area contributed by atoms with Crippen molar-refractivity contribution in [3.63, 3.8) is 0 Å². The summed E-state index contributed by atoms with van der Waals surface area (Å²) in [5.74, 6) is 0.949. The molecule has 0 heterocycles. The van der Waals surface area contributed by atoms with Crippen LogP contribution in [0.15, 0.2) is 0 Å². The summed E-state index contributed by atoms with van der Waals surface area (Å²) in [6.07, 6.45) is 22.1. The third-order valence-electron chi connectivity index (χ3n) is 4.66. The van der Waals surface area contributed by atoms with E-state index in [1.807, 2.05) is 0 Å². The first-order valence-corrected chi connectivity index (χ1v) is 9.92. The fourth-order valence-corrected chi connectivity index (χ4v) is 3.08. The van der Waals surface area contributed by atoms with E-state index in [2.05, 4.69) is 13.8 Å². The highest BCUT2D eigenvalue weighted by atomic mass is 16.2. The largest absolute Gasteiger partial charge is 0.396 e. The maximum absolute atomic E-state index is 8.70. The summed E-state index contributed by atoms with van der Waals surface area (Å²) in [6.45, 7) is 5.11. The van der Waals surface area contributed by atoms with Crippen molar-refractivity contribution in [1.29, 1.82) is 0 Å². The summed E-state index contributed by atoms with van der Waals surface area (Å²) in [6, 6.07) is 0. The van der Waals surface area contributed by atoms with E-state index in [1.165, 1.54) is 96.3 Å². The minimum Gasteiger partial charge on any atom is -0.396 e. The molecule has 1 heteroatoms. The van der Waals surface area contributed by atoms with Gasteiger partial charge in [-0.15, -0.1) is 0 Å². The molecule has 0 saturated heterocycles. The Hall–Kier alpha value is -0.0400. The van der Waals surface area contributed by atoms with Crippen LogP contribution in [0, 0.1) is 5.92 Å². The van der Waals surface area contributed by atoms with E-state index in [0.29, 0.717) is 6.61 Å². The second-order valence-electron chi connectivity index (χ2n) is 7.00. The Morgan fingerprint density at radius 3 is 1.38 bits per heavy atom. The van der Waals surface area contributed by atoms with Crippen LogP contribution in [0.3, 0.4) is 0 Å². The highest BCUT2D eigenvalue weighted by Gasteiger charge is 2.02. The van der Waals surface area contributed by atoms with E-state index in [-0.39, 0.29) is 0 Å². The van der Waals surface area contributed by atoms with Crippen LogP contribution >= 0.6 is 0 Å². The molecule has 0 aromatic carbocycles. The monoisotopic (exact) mass is 298 g/mol. The SMILES string of the molecule is CCCCCCCC(C)CCCCCCCCCCCO. The van der Waals surface area contributed by atoms with Gasteiger partial charge in [-0.2, -0.15) is 0 Å². The van der Waals surface area contributed by atoms with Crippen LogP contribution in [0.25, 0.3) is 0 Å². The van der Waals surface area contributed by atoms with Crippen LogP contribution in [0.1, 0.15) is 117 Å². The zero-order valence-electron chi connectivity index (χ0n) is 15.0. The zero-order valence-corrected chi connectivity index (χ0v) is 15.0. The van der Waals surface area contributed by atoms with Gasteiger partial charge >= 0.3 is 0 Å². The molecule has 0 aromatic rings. The van der Waals surface area contributed by atoms with Crippen molar-refractivity contribution >= 4 is 0 Å². The Balaban J connectivity index is 3.09. The van der Waals surface area contributed by atoms with Gasteiger partial charge in [0.25, 0.3) is 0 Å². The fourth-order valence-electron chi connectivity index (χ4n) is 3.08. The topological polar surface area (TPSA) is 20.2 Å². The Morgan fingerprint density at radius 1 is 0.571 bits per heavy atom. The van der Waals surface area contributed by atoms with Crippen molar-refractivity contribution in [2.75, 3.05) is 6.61 Å². The van der Waals surface area contributed by atoms with Crippen LogP contribution in [-0.4, -0.2) is 11.7 Å². The molecule has 0 saturated carbocycles. The lowest BCUT2D eigenvalue weighted by Crippen LogP contribution is -1.95. The van der Waals surface area contributed by atoms with Crippen molar-refractivity contribution in [3.8, 4) is 0 Å². The van der Waals surface area contributed by atoms with Gasteiger partial charge in [-0.05, 0) is 12.3 Å². The molecule has 21 heavy (non-hydrogen) atoms. The van der Waals surface area contributed by atoms with E-state index < -0.39 is 0 Å². The Morgan fingerprint density at radius 2 is 0.952 bits per heavy atom. The molecule has 0 radical (unpaired) electrons. The average molecular weight is 299 g/mol. The number of hydrogen-bond acceptors (Lipinski definition) is 1.